The zero-order valence-corrected chi connectivity index (χ0v) is 22.9. The first-order chi connectivity index (χ1) is 18.5. The molecule has 38 heavy (non-hydrogen) atoms. The Bertz CT molecular complexity index is 1200. The SMILES string of the molecule is C[C@@H]1CC[C@H]2C[C@@H](n3c(=O)c(N4CC(C(=O)O)C4)nc4ccccc43)C[C@@H]1N2C1CCCCCCCCC1. The number of carbonyl (C=O) groups is 1. The third kappa shape index (κ3) is 4.87. The molecule has 2 aromatic rings. The molecule has 2 bridgehead atoms. The van der Waals surface area contributed by atoms with E-state index in [0.717, 1.165) is 23.9 Å². The number of fused-ring (bicyclic) bond motifs is 3. The lowest BCUT2D eigenvalue weighted by molar-refractivity contribution is -0.142. The highest BCUT2D eigenvalue weighted by molar-refractivity contribution is 5.78. The number of benzene rings is 1. The zero-order valence-electron chi connectivity index (χ0n) is 22.9. The highest BCUT2D eigenvalue weighted by Crippen LogP contribution is 2.45. The Morgan fingerprint density at radius 2 is 1.55 bits per heavy atom. The van der Waals surface area contributed by atoms with Gasteiger partial charge < -0.3 is 14.6 Å². The number of anilines is 1. The van der Waals surface area contributed by atoms with Crippen molar-refractivity contribution in [2.75, 3.05) is 18.0 Å². The highest BCUT2D eigenvalue weighted by Gasteiger charge is 2.45. The molecule has 0 unspecified atom stereocenters. The number of carboxylic acid groups (broad SMARTS) is 1. The number of piperidine rings is 2. The van der Waals surface area contributed by atoms with E-state index in [1.807, 2.05) is 29.2 Å². The minimum absolute atomic E-state index is 0.0459. The Morgan fingerprint density at radius 3 is 2.26 bits per heavy atom. The van der Waals surface area contributed by atoms with Gasteiger partial charge in [-0.25, -0.2) is 4.98 Å². The summed E-state index contributed by atoms with van der Waals surface area (Å²) in [6.45, 7) is 3.15. The Kier molecular flexibility index (Phi) is 7.48. The van der Waals surface area contributed by atoms with Gasteiger partial charge in [-0.3, -0.25) is 14.5 Å². The quantitative estimate of drug-likeness (QED) is 0.564. The minimum Gasteiger partial charge on any atom is -0.481 e. The van der Waals surface area contributed by atoms with E-state index in [2.05, 4.69) is 16.4 Å². The van der Waals surface area contributed by atoms with Crippen LogP contribution in [0.4, 0.5) is 5.82 Å². The predicted molar refractivity (Wildman–Crippen MR) is 151 cm³/mol. The molecule has 1 N–H and O–H groups in total. The summed E-state index contributed by atoms with van der Waals surface area (Å²) in [6.07, 6.45) is 16.8. The summed E-state index contributed by atoms with van der Waals surface area (Å²) in [4.78, 5) is 35.0. The fraction of sp³-hybridized carbons (Fsp3) is 0.710. The number of hydrogen-bond donors (Lipinski definition) is 1. The molecular weight excluding hydrogens is 476 g/mol. The second-order valence-electron chi connectivity index (χ2n) is 12.6. The topological polar surface area (TPSA) is 78.7 Å². The van der Waals surface area contributed by atoms with Gasteiger partial charge in [-0.05, 0) is 56.6 Å². The summed E-state index contributed by atoms with van der Waals surface area (Å²) >= 11 is 0. The van der Waals surface area contributed by atoms with Crippen LogP contribution in [0.1, 0.15) is 96.4 Å². The molecule has 7 nitrogen and oxygen atoms in total. The maximum absolute atomic E-state index is 14.0. The van der Waals surface area contributed by atoms with Gasteiger partial charge in [0.05, 0.1) is 17.0 Å². The van der Waals surface area contributed by atoms with Crippen molar-refractivity contribution in [1.29, 1.82) is 0 Å². The summed E-state index contributed by atoms with van der Waals surface area (Å²) in [5, 5.41) is 9.37. The third-order valence-electron chi connectivity index (χ3n) is 10.1. The Labute approximate surface area is 226 Å². The average molecular weight is 521 g/mol. The zero-order chi connectivity index (χ0) is 26.2. The number of hydrogen-bond acceptors (Lipinski definition) is 5. The second-order valence-corrected chi connectivity index (χ2v) is 12.6. The molecular formula is C31H44N4O3. The van der Waals surface area contributed by atoms with E-state index in [4.69, 9.17) is 4.98 Å². The van der Waals surface area contributed by atoms with E-state index >= 15 is 0 Å². The number of rotatable bonds is 4. The summed E-state index contributed by atoms with van der Waals surface area (Å²) < 4.78 is 2.05. The molecule has 1 aromatic heterocycles. The summed E-state index contributed by atoms with van der Waals surface area (Å²) in [7, 11) is 0. The van der Waals surface area contributed by atoms with E-state index in [1.54, 1.807) is 0 Å². The normalized spacial score (nSPS) is 30.2. The Hall–Kier alpha value is -2.41. The number of aromatic nitrogens is 2. The largest absolute Gasteiger partial charge is 0.481 e. The van der Waals surface area contributed by atoms with Crippen molar-refractivity contribution in [1.82, 2.24) is 14.5 Å². The lowest BCUT2D eigenvalue weighted by Crippen LogP contribution is -2.60. The van der Waals surface area contributed by atoms with Gasteiger partial charge in [0.1, 0.15) is 0 Å². The van der Waals surface area contributed by atoms with Crippen LogP contribution in [0.2, 0.25) is 0 Å². The van der Waals surface area contributed by atoms with Gasteiger partial charge in [-0.1, -0.05) is 64.0 Å². The van der Waals surface area contributed by atoms with Gasteiger partial charge in [0.15, 0.2) is 5.82 Å². The van der Waals surface area contributed by atoms with Gasteiger partial charge in [0.2, 0.25) is 0 Å². The summed E-state index contributed by atoms with van der Waals surface area (Å²) in [6, 6.07) is 9.89. The number of para-hydroxylation sites is 2. The molecule has 3 aliphatic heterocycles. The molecule has 1 aromatic carbocycles. The number of nitrogens with zero attached hydrogens (tertiary/aromatic N) is 4. The van der Waals surface area contributed by atoms with Crippen LogP contribution in [-0.4, -0.2) is 56.7 Å². The minimum atomic E-state index is -0.794. The summed E-state index contributed by atoms with van der Waals surface area (Å²) in [5.41, 5.74) is 1.70. The fourth-order valence-corrected chi connectivity index (χ4v) is 8.03. The van der Waals surface area contributed by atoms with Crippen LogP contribution in [0.25, 0.3) is 11.0 Å². The molecule has 1 saturated carbocycles. The van der Waals surface area contributed by atoms with Crippen molar-refractivity contribution in [3.8, 4) is 0 Å². The molecule has 3 saturated heterocycles. The van der Waals surface area contributed by atoms with Crippen LogP contribution in [-0.2, 0) is 4.79 Å². The number of aliphatic carboxylic acids is 1. The highest BCUT2D eigenvalue weighted by atomic mass is 16.4. The van der Waals surface area contributed by atoms with Gasteiger partial charge in [0.25, 0.3) is 5.56 Å². The maximum atomic E-state index is 14.0. The van der Waals surface area contributed by atoms with Crippen molar-refractivity contribution >= 4 is 22.8 Å². The molecule has 0 spiro atoms. The molecule has 4 heterocycles. The van der Waals surface area contributed by atoms with E-state index in [1.165, 1.54) is 70.6 Å². The first kappa shape index (κ1) is 25.8. The molecule has 0 radical (unpaired) electrons. The van der Waals surface area contributed by atoms with Gasteiger partial charge >= 0.3 is 5.97 Å². The van der Waals surface area contributed by atoms with E-state index in [-0.39, 0.29) is 11.6 Å². The molecule has 0 amide bonds. The standard InChI is InChI=1S/C31H44N4O3/c1-21-15-16-24-17-25(18-28(21)34(24)23-11-7-5-3-2-4-6-8-12-23)35-27-14-10-9-13-26(27)32-29(30(35)36)33-19-22(20-33)31(37)38/h9-10,13-14,21-25,28H,2-8,11-12,15-20H2,1H3,(H,37,38)/t21-,24+,25-,28+/m1/s1. The Morgan fingerprint density at radius 1 is 0.868 bits per heavy atom. The van der Waals surface area contributed by atoms with Crippen LogP contribution in [0.5, 0.6) is 0 Å². The van der Waals surface area contributed by atoms with E-state index < -0.39 is 11.9 Å². The van der Waals surface area contributed by atoms with Crippen molar-refractivity contribution in [2.45, 2.75) is 115 Å². The lowest BCUT2D eigenvalue weighted by atomic mass is 9.74. The van der Waals surface area contributed by atoms with Crippen molar-refractivity contribution in [3.63, 3.8) is 0 Å². The van der Waals surface area contributed by atoms with Crippen LogP contribution < -0.4 is 10.5 Å². The smallest absolute Gasteiger partial charge is 0.310 e. The van der Waals surface area contributed by atoms with E-state index in [0.29, 0.717) is 43.0 Å². The lowest BCUT2D eigenvalue weighted by Gasteiger charge is -2.55. The van der Waals surface area contributed by atoms with Crippen LogP contribution in [0.3, 0.4) is 0 Å². The predicted octanol–water partition coefficient (Wildman–Crippen LogP) is 5.61. The van der Waals surface area contributed by atoms with E-state index in [9.17, 15) is 14.7 Å². The molecule has 206 valence electrons. The molecule has 6 rings (SSSR count). The molecule has 7 heteroatoms. The van der Waals surface area contributed by atoms with Crippen LogP contribution in [0.15, 0.2) is 29.1 Å². The summed E-state index contributed by atoms with van der Waals surface area (Å²) in [5.74, 6) is -0.150. The molecule has 4 atom stereocenters. The van der Waals surface area contributed by atoms with Crippen molar-refractivity contribution in [3.05, 3.63) is 34.6 Å². The maximum Gasteiger partial charge on any atom is 0.310 e. The van der Waals surface area contributed by atoms with Gasteiger partial charge in [-0.2, -0.15) is 0 Å². The molecule has 1 aliphatic carbocycles. The van der Waals surface area contributed by atoms with Crippen molar-refractivity contribution in [2.24, 2.45) is 11.8 Å². The molecule has 4 aliphatic rings. The van der Waals surface area contributed by atoms with Crippen LogP contribution >= 0.6 is 0 Å². The monoisotopic (exact) mass is 520 g/mol. The van der Waals surface area contributed by atoms with Crippen LogP contribution in [0, 0.1) is 11.8 Å². The average Bonchev–Trinajstić information content (AvgIpc) is 2.88. The van der Waals surface area contributed by atoms with Gasteiger partial charge in [0, 0.05) is 37.3 Å². The third-order valence-corrected chi connectivity index (χ3v) is 10.1. The second kappa shape index (κ2) is 11.0. The van der Waals surface area contributed by atoms with Gasteiger partial charge in [-0.15, -0.1) is 0 Å². The molecule has 4 fully saturated rings. The first-order valence-electron chi connectivity index (χ1n) is 15.3. The number of carboxylic acids is 1. The van der Waals surface area contributed by atoms with Crippen molar-refractivity contribution < 1.29 is 9.90 Å². The fourth-order valence-electron chi connectivity index (χ4n) is 8.03. The first-order valence-corrected chi connectivity index (χ1v) is 15.3. The Balaban J connectivity index is 1.31.